The van der Waals surface area contributed by atoms with Crippen LogP contribution in [0.4, 0.5) is 19.3 Å². The number of hydrogen-bond donors (Lipinski definition) is 2. The maximum atomic E-state index is 12.5. The van der Waals surface area contributed by atoms with Crippen molar-refractivity contribution in [1.82, 2.24) is 5.32 Å². The number of anilines is 1. The number of urea groups is 1. The fraction of sp³-hybridized carbons (Fsp3) is 0.278. The first-order chi connectivity index (χ1) is 12.5. The van der Waals surface area contributed by atoms with Gasteiger partial charge in [0, 0.05) is 12.6 Å². The predicted molar refractivity (Wildman–Crippen MR) is 93.3 cm³/mol. The lowest BCUT2D eigenvalue weighted by molar-refractivity contribution is -0.0493. The minimum atomic E-state index is -3.00. The van der Waals surface area contributed by atoms with E-state index in [1.54, 1.807) is 7.11 Å². The highest BCUT2D eigenvalue weighted by Gasteiger charge is 2.13. The topological polar surface area (TPSA) is 68.8 Å². The first-order valence-corrected chi connectivity index (χ1v) is 7.83. The molecule has 0 aliphatic carbocycles. The third kappa shape index (κ3) is 5.51. The Morgan fingerprint density at radius 3 is 2.54 bits per heavy atom. The molecule has 0 saturated carbocycles. The molecule has 0 bridgehead atoms. The van der Waals surface area contributed by atoms with E-state index in [1.807, 2.05) is 24.3 Å². The summed E-state index contributed by atoms with van der Waals surface area (Å²) in [5.41, 5.74) is 1.03. The van der Waals surface area contributed by atoms with Crippen molar-refractivity contribution in [3.8, 4) is 17.2 Å². The Labute approximate surface area is 150 Å². The first-order valence-electron chi connectivity index (χ1n) is 7.83. The first kappa shape index (κ1) is 19.3. The molecule has 2 amide bonds. The number of rotatable bonds is 8. The Bertz CT molecular complexity index is 741. The quantitative estimate of drug-likeness (QED) is 0.748. The fourth-order valence-corrected chi connectivity index (χ4v) is 2.32. The number of amides is 2. The van der Waals surface area contributed by atoms with Crippen molar-refractivity contribution in [2.24, 2.45) is 0 Å². The largest absolute Gasteiger partial charge is 0.497 e. The van der Waals surface area contributed by atoms with Crippen molar-refractivity contribution in [1.29, 1.82) is 0 Å². The summed E-state index contributed by atoms with van der Waals surface area (Å²) in [5, 5.41) is 5.15. The van der Waals surface area contributed by atoms with Crippen LogP contribution in [0.1, 0.15) is 5.56 Å². The van der Waals surface area contributed by atoms with Crippen molar-refractivity contribution in [2.45, 2.75) is 13.0 Å². The third-order valence-corrected chi connectivity index (χ3v) is 3.52. The zero-order chi connectivity index (χ0) is 18.9. The summed E-state index contributed by atoms with van der Waals surface area (Å²) in [6.07, 6.45) is 0.552. The van der Waals surface area contributed by atoms with E-state index in [1.165, 1.54) is 25.3 Å². The van der Waals surface area contributed by atoms with Gasteiger partial charge in [0.2, 0.25) is 0 Å². The number of benzene rings is 2. The molecule has 0 fully saturated rings. The van der Waals surface area contributed by atoms with Crippen LogP contribution in [0, 0.1) is 0 Å². The number of alkyl halides is 2. The second-order valence-corrected chi connectivity index (χ2v) is 5.18. The molecule has 140 valence electrons. The van der Waals surface area contributed by atoms with Crippen LogP contribution in [0.25, 0.3) is 0 Å². The normalized spacial score (nSPS) is 10.3. The minimum absolute atomic E-state index is 0.0828. The number of nitrogens with one attached hydrogen (secondary N) is 2. The third-order valence-electron chi connectivity index (χ3n) is 3.52. The van der Waals surface area contributed by atoms with Crippen LogP contribution in [-0.2, 0) is 6.42 Å². The summed E-state index contributed by atoms with van der Waals surface area (Å²) < 4.78 is 39.7. The summed E-state index contributed by atoms with van der Waals surface area (Å²) in [5.74, 6) is 0.978. The average Bonchev–Trinajstić information content (AvgIpc) is 2.63. The number of methoxy groups -OCH3 is 2. The van der Waals surface area contributed by atoms with E-state index >= 15 is 0 Å². The van der Waals surface area contributed by atoms with Gasteiger partial charge in [-0.05, 0) is 30.2 Å². The molecular formula is C18H20F2N2O4. The summed E-state index contributed by atoms with van der Waals surface area (Å²) in [7, 11) is 3.01. The molecule has 0 aliphatic heterocycles. The highest BCUT2D eigenvalue weighted by Crippen LogP contribution is 2.30. The monoisotopic (exact) mass is 366 g/mol. The van der Waals surface area contributed by atoms with Crippen LogP contribution < -0.4 is 24.8 Å². The second kappa shape index (κ2) is 9.45. The summed E-state index contributed by atoms with van der Waals surface area (Å²) >= 11 is 0. The van der Waals surface area contributed by atoms with Gasteiger partial charge in [0.25, 0.3) is 0 Å². The minimum Gasteiger partial charge on any atom is -0.497 e. The number of carbonyl (C=O) groups is 1. The number of para-hydroxylation sites is 1. The number of carbonyl (C=O) groups excluding carboxylic acids is 1. The predicted octanol–water partition coefficient (Wildman–Crippen LogP) is 3.67. The molecule has 8 heteroatoms. The molecule has 2 aromatic rings. The summed E-state index contributed by atoms with van der Waals surface area (Å²) in [6, 6.07) is 11.1. The molecule has 0 aromatic heterocycles. The maximum absolute atomic E-state index is 12.5. The summed E-state index contributed by atoms with van der Waals surface area (Å²) in [6.45, 7) is -2.67. The van der Waals surface area contributed by atoms with E-state index < -0.39 is 12.6 Å². The highest BCUT2D eigenvalue weighted by molar-refractivity contribution is 5.91. The van der Waals surface area contributed by atoms with Crippen molar-refractivity contribution in [3.63, 3.8) is 0 Å². The van der Waals surface area contributed by atoms with Crippen LogP contribution in [0.3, 0.4) is 0 Å². The molecule has 2 N–H and O–H groups in total. The summed E-state index contributed by atoms with van der Waals surface area (Å²) in [4.78, 5) is 12.1. The Kier molecular flexibility index (Phi) is 7.02. The van der Waals surface area contributed by atoms with Crippen molar-refractivity contribution < 1.29 is 27.8 Å². The van der Waals surface area contributed by atoms with Gasteiger partial charge < -0.3 is 24.8 Å². The van der Waals surface area contributed by atoms with Gasteiger partial charge in [0.15, 0.2) is 0 Å². The lowest BCUT2D eigenvalue weighted by atomic mass is 10.1. The Morgan fingerprint density at radius 1 is 1.08 bits per heavy atom. The smallest absolute Gasteiger partial charge is 0.387 e. The number of halogens is 2. The van der Waals surface area contributed by atoms with Crippen LogP contribution in [0.2, 0.25) is 0 Å². The van der Waals surface area contributed by atoms with Crippen LogP contribution in [-0.4, -0.2) is 33.4 Å². The van der Waals surface area contributed by atoms with Gasteiger partial charge in [-0.25, -0.2) is 4.79 Å². The van der Waals surface area contributed by atoms with Gasteiger partial charge in [-0.3, -0.25) is 0 Å². The number of hydrogen-bond acceptors (Lipinski definition) is 4. The molecule has 2 rings (SSSR count). The second-order valence-electron chi connectivity index (χ2n) is 5.18. The van der Waals surface area contributed by atoms with Crippen LogP contribution in [0.5, 0.6) is 17.2 Å². The molecule has 0 heterocycles. The molecule has 0 radical (unpaired) electrons. The lowest BCUT2D eigenvalue weighted by Crippen LogP contribution is -2.30. The van der Waals surface area contributed by atoms with E-state index in [-0.39, 0.29) is 11.4 Å². The van der Waals surface area contributed by atoms with E-state index in [0.29, 0.717) is 18.7 Å². The fourth-order valence-electron chi connectivity index (χ4n) is 2.32. The Balaban J connectivity index is 1.96. The number of ether oxygens (including phenoxy) is 3. The van der Waals surface area contributed by atoms with E-state index in [0.717, 1.165) is 11.3 Å². The van der Waals surface area contributed by atoms with Gasteiger partial charge in [-0.1, -0.05) is 18.2 Å². The Hall–Kier alpha value is -3.03. The van der Waals surface area contributed by atoms with Crippen LogP contribution in [0.15, 0.2) is 42.5 Å². The standard InChI is InChI=1S/C18H20F2N2O4/c1-24-13-7-8-16(26-17(19)20)14(11-13)22-18(23)21-10-9-12-5-3-4-6-15(12)25-2/h3-8,11,17H,9-10H2,1-2H3,(H2,21,22,23). The molecule has 0 aliphatic rings. The maximum Gasteiger partial charge on any atom is 0.387 e. The zero-order valence-electron chi connectivity index (χ0n) is 14.4. The van der Waals surface area contributed by atoms with Gasteiger partial charge >= 0.3 is 12.6 Å². The molecular weight excluding hydrogens is 346 g/mol. The van der Waals surface area contributed by atoms with Crippen molar-refractivity contribution >= 4 is 11.7 Å². The average molecular weight is 366 g/mol. The van der Waals surface area contributed by atoms with Gasteiger partial charge in [-0.15, -0.1) is 0 Å². The molecule has 2 aromatic carbocycles. The van der Waals surface area contributed by atoms with E-state index in [9.17, 15) is 13.6 Å². The van der Waals surface area contributed by atoms with Gasteiger partial charge in [0.05, 0.1) is 19.9 Å². The van der Waals surface area contributed by atoms with Crippen molar-refractivity contribution in [2.75, 3.05) is 26.1 Å². The molecule has 0 saturated heterocycles. The lowest BCUT2D eigenvalue weighted by Gasteiger charge is -2.14. The molecule has 6 nitrogen and oxygen atoms in total. The van der Waals surface area contributed by atoms with Crippen LogP contribution >= 0.6 is 0 Å². The zero-order valence-corrected chi connectivity index (χ0v) is 14.4. The van der Waals surface area contributed by atoms with E-state index in [2.05, 4.69) is 15.4 Å². The van der Waals surface area contributed by atoms with Crippen molar-refractivity contribution in [3.05, 3.63) is 48.0 Å². The van der Waals surface area contributed by atoms with Gasteiger partial charge in [0.1, 0.15) is 17.2 Å². The highest BCUT2D eigenvalue weighted by atomic mass is 19.3. The molecule has 0 unspecified atom stereocenters. The SMILES string of the molecule is COc1ccc(OC(F)F)c(NC(=O)NCCc2ccccc2OC)c1. The van der Waals surface area contributed by atoms with Gasteiger partial charge in [-0.2, -0.15) is 8.78 Å². The Morgan fingerprint density at radius 2 is 1.85 bits per heavy atom. The molecule has 0 atom stereocenters. The molecule has 26 heavy (non-hydrogen) atoms. The molecule has 0 spiro atoms. The van der Waals surface area contributed by atoms with E-state index in [4.69, 9.17) is 9.47 Å².